The fraction of sp³-hybridized carbons (Fsp3) is 0.111. The summed E-state index contributed by atoms with van der Waals surface area (Å²) in [4.78, 5) is 0. The zero-order valence-electron chi connectivity index (χ0n) is 8.96. The van der Waals surface area contributed by atoms with E-state index in [2.05, 4.69) is 22.1 Å². The van der Waals surface area contributed by atoms with Gasteiger partial charge in [-0.05, 0) is 24.4 Å². The molecule has 0 spiro atoms. The average molecular weight is 299 g/mol. The van der Waals surface area contributed by atoms with E-state index in [-0.39, 0.29) is 5.11 Å². The van der Waals surface area contributed by atoms with Crippen LogP contribution in [0.4, 0.5) is 22.0 Å². The van der Waals surface area contributed by atoms with E-state index in [1.54, 1.807) is 0 Å². The summed E-state index contributed by atoms with van der Waals surface area (Å²) in [5.74, 6) is -3.85. The van der Waals surface area contributed by atoms with Crippen LogP contribution in [-0.2, 0) is 0 Å². The average Bonchev–Trinajstić information content (AvgIpc) is 2.25. The standard InChI is InChI=1S/C9H6F5N3OS/c10-5-1-2-6(18-9(12,13)14)7(11)4(5)3-16-17-8(15)19/h1-3H,(H3,15,17,19). The highest BCUT2D eigenvalue weighted by Gasteiger charge is 2.33. The summed E-state index contributed by atoms with van der Waals surface area (Å²) < 4.78 is 66.0. The molecule has 10 heteroatoms. The minimum absolute atomic E-state index is 0.278. The van der Waals surface area contributed by atoms with E-state index in [4.69, 9.17) is 5.73 Å². The zero-order valence-corrected chi connectivity index (χ0v) is 9.78. The Bertz CT molecular complexity index is 517. The minimum atomic E-state index is -5.09. The van der Waals surface area contributed by atoms with Crippen LogP contribution < -0.4 is 15.9 Å². The maximum Gasteiger partial charge on any atom is 0.573 e. The summed E-state index contributed by atoms with van der Waals surface area (Å²) in [5, 5.41) is 2.96. The number of rotatable bonds is 3. The molecule has 0 saturated heterocycles. The number of thiocarbonyl (C=S) groups is 1. The number of benzene rings is 1. The number of hydrazone groups is 1. The molecule has 0 aliphatic heterocycles. The van der Waals surface area contributed by atoms with E-state index in [1.807, 2.05) is 5.43 Å². The maximum absolute atomic E-state index is 13.5. The first-order valence-electron chi connectivity index (χ1n) is 4.53. The molecule has 104 valence electrons. The molecule has 19 heavy (non-hydrogen) atoms. The SMILES string of the molecule is NC(=S)NN=Cc1c(F)ccc(OC(F)(F)F)c1F. The molecule has 1 aromatic carbocycles. The van der Waals surface area contributed by atoms with Crippen LogP contribution in [0.3, 0.4) is 0 Å². The Kier molecular flexibility index (Phi) is 4.59. The summed E-state index contributed by atoms with van der Waals surface area (Å²) >= 11 is 4.37. The third-order valence-electron chi connectivity index (χ3n) is 1.69. The van der Waals surface area contributed by atoms with Crippen LogP contribution in [0.25, 0.3) is 0 Å². The number of alkyl halides is 3. The molecule has 0 unspecified atom stereocenters. The second-order valence-electron chi connectivity index (χ2n) is 3.06. The van der Waals surface area contributed by atoms with E-state index in [0.29, 0.717) is 18.3 Å². The number of hydrogen-bond acceptors (Lipinski definition) is 3. The summed E-state index contributed by atoms with van der Waals surface area (Å²) in [5.41, 5.74) is 6.16. The summed E-state index contributed by atoms with van der Waals surface area (Å²) in [6.45, 7) is 0. The molecule has 0 fully saturated rings. The molecule has 4 nitrogen and oxygen atoms in total. The second-order valence-corrected chi connectivity index (χ2v) is 3.50. The predicted molar refractivity (Wildman–Crippen MR) is 60.6 cm³/mol. The first-order chi connectivity index (χ1) is 8.70. The minimum Gasteiger partial charge on any atom is -0.403 e. The van der Waals surface area contributed by atoms with Crippen LogP contribution in [-0.4, -0.2) is 17.7 Å². The van der Waals surface area contributed by atoms with Crippen molar-refractivity contribution < 1.29 is 26.7 Å². The first-order valence-corrected chi connectivity index (χ1v) is 4.94. The molecule has 0 aliphatic carbocycles. The van der Waals surface area contributed by atoms with Crippen molar-refractivity contribution in [2.24, 2.45) is 10.8 Å². The molecule has 0 saturated carbocycles. The van der Waals surface area contributed by atoms with Gasteiger partial charge in [-0.1, -0.05) is 0 Å². The number of hydrogen-bond donors (Lipinski definition) is 2. The first kappa shape index (κ1) is 15.1. The molecule has 0 bridgehead atoms. The van der Waals surface area contributed by atoms with Gasteiger partial charge < -0.3 is 10.5 Å². The largest absolute Gasteiger partial charge is 0.573 e. The van der Waals surface area contributed by atoms with Crippen molar-refractivity contribution in [1.29, 1.82) is 0 Å². The topological polar surface area (TPSA) is 59.6 Å². The third-order valence-corrected chi connectivity index (χ3v) is 1.78. The summed E-state index contributed by atoms with van der Waals surface area (Å²) in [7, 11) is 0. The quantitative estimate of drug-likeness (QED) is 0.388. The van der Waals surface area contributed by atoms with E-state index >= 15 is 0 Å². The van der Waals surface area contributed by atoms with Crippen molar-refractivity contribution in [2.45, 2.75) is 6.36 Å². The number of nitrogens with two attached hydrogens (primary N) is 1. The van der Waals surface area contributed by atoms with Crippen molar-refractivity contribution in [3.05, 3.63) is 29.3 Å². The van der Waals surface area contributed by atoms with Gasteiger partial charge in [-0.3, -0.25) is 5.43 Å². The second kappa shape index (κ2) is 5.78. The van der Waals surface area contributed by atoms with Crippen molar-refractivity contribution in [2.75, 3.05) is 0 Å². The predicted octanol–water partition coefficient (Wildman–Crippen LogP) is 2.03. The van der Waals surface area contributed by atoms with Crippen molar-refractivity contribution in [3.8, 4) is 5.75 Å². The Morgan fingerprint density at radius 3 is 2.53 bits per heavy atom. The fourth-order valence-corrected chi connectivity index (χ4v) is 1.08. The van der Waals surface area contributed by atoms with E-state index in [9.17, 15) is 22.0 Å². The van der Waals surface area contributed by atoms with Gasteiger partial charge in [-0.15, -0.1) is 13.2 Å². The Morgan fingerprint density at radius 2 is 2.00 bits per heavy atom. The molecule has 1 aromatic rings. The van der Waals surface area contributed by atoms with Gasteiger partial charge in [0.25, 0.3) is 0 Å². The van der Waals surface area contributed by atoms with E-state index in [1.165, 1.54) is 0 Å². The molecule has 0 aliphatic rings. The number of halogens is 5. The monoisotopic (exact) mass is 299 g/mol. The van der Waals surface area contributed by atoms with Gasteiger partial charge in [0.05, 0.1) is 11.8 Å². The maximum atomic E-state index is 13.5. The number of nitrogens with zero attached hydrogens (tertiary/aromatic N) is 1. The Morgan fingerprint density at radius 1 is 1.37 bits per heavy atom. The third kappa shape index (κ3) is 4.66. The Labute approximate surface area is 109 Å². The molecule has 0 amide bonds. The normalized spacial score (nSPS) is 11.6. The smallest absolute Gasteiger partial charge is 0.403 e. The van der Waals surface area contributed by atoms with Crippen LogP contribution in [0.2, 0.25) is 0 Å². The molecular weight excluding hydrogens is 293 g/mol. The summed E-state index contributed by atoms with van der Waals surface area (Å²) in [6, 6.07) is 1.11. The van der Waals surface area contributed by atoms with E-state index < -0.39 is 29.3 Å². The molecule has 1 rings (SSSR count). The zero-order chi connectivity index (χ0) is 14.6. The van der Waals surface area contributed by atoms with Crippen LogP contribution in [0, 0.1) is 11.6 Å². The summed E-state index contributed by atoms with van der Waals surface area (Å²) in [6.07, 6.45) is -4.50. The molecular formula is C9H6F5N3OS. The lowest BCUT2D eigenvalue weighted by atomic mass is 10.2. The molecule has 3 N–H and O–H groups in total. The highest BCUT2D eigenvalue weighted by molar-refractivity contribution is 7.80. The molecule has 0 atom stereocenters. The van der Waals surface area contributed by atoms with Crippen molar-refractivity contribution in [1.82, 2.24) is 5.43 Å². The van der Waals surface area contributed by atoms with Gasteiger partial charge in [0, 0.05) is 0 Å². The Balaban J connectivity index is 3.07. The molecule has 0 aromatic heterocycles. The van der Waals surface area contributed by atoms with Gasteiger partial charge in [-0.25, -0.2) is 8.78 Å². The lowest BCUT2D eigenvalue weighted by Gasteiger charge is -2.10. The lowest BCUT2D eigenvalue weighted by Crippen LogP contribution is -2.24. The highest BCUT2D eigenvalue weighted by Crippen LogP contribution is 2.27. The Hall–Kier alpha value is -1.97. The molecule has 0 radical (unpaired) electrons. The highest BCUT2D eigenvalue weighted by atomic mass is 32.1. The van der Waals surface area contributed by atoms with Crippen molar-refractivity contribution >= 4 is 23.5 Å². The van der Waals surface area contributed by atoms with Gasteiger partial charge in [0.1, 0.15) is 5.82 Å². The van der Waals surface area contributed by atoms with Crippen LogP contribution in [0.5, 0.6) is 5.75 Å². The van der Waals surface area contributed by atoms with E-state index in [0.717, 1.165) is 0 Å². The van der Waals surface area contributed by atoms with Crippen LogP contribution in [0.1, 0.15) is 5.56 Å². The van der Waals surface area contributed by atoms with Gasteiger partial charge in [0.2, 0.25) is 0 Å². The fourth-order valence-electron chi connectivity index (χ4n) is 1.03. The lowest BCUT2D eigenvalue weighted by molar-refractivity contribution is -0.275. The van der Waals surface area contributed by atoms with Gasteiger partial charge >= 0.3 is 6.36 Å². The van der Waals surface area contributed by atoms with Crippen LogP contribution in [0.15, 0.2) is 17.2 Å². The van der Waals surface area contributed by atoms with Crippen LogP contribution >= 0.6 is 12.2 Å². The number of nitrogens with one attached hydrogen (secondary N) is 1. The molecule has 0 heterocycles. The van der Waals surface area contributed by atoms with Crippen molar-refractivity contribution in [3.63, 3.8) is 0 Å². The van der Waals surface area contributed by atoms with Gasteiger partial charge in [-0.2, -0.15) is 5.10 Å². The van der Waals surface area contributed by atoms with Gasteiger partial charge in [0.15, 0.2) is 16.7 Å². The number of ether oxygens (including phenoxy) is 1.